The zero-order valence-corrected chi connectivity index (χ0v) is 21.5. The first-order valence-corrected chi connectivity index (χ1v) is 12.2. The second-order valence-electron chi connectivity index (χ2n) is 8.96. The molecule has 186 valence electrons. The lowest BCUT2D eigenvalue weighted by Gasteiger charge is -2.23. The van der Waals surface area contributed by atoms with Crippen LogP contribution in [0.5, 0.6) is 0 Å². The van der Waals surface area contributed by atoms with Gasteiger partial charge in [0.1, 0.15) is 11.6 Å². The number of anilines is 2. The Balaban J connectivity index is 1.69. The number of hydrogen-bond acceptors (Lipinski definition) is 5. The largest absolute Gasteiger partial charge is 0.416 e. The molecule has 1 saturated heterocycles. The van der Waals surface area contributed by atoms with Crippen molar-refractivity contribution in [2.75, 3.05) is 23.3 Å². The minimum absolute atomic E-state index is 0.0522. The fourth-order valence-corrected chi connectivity index (χ4v) is 5.29. The summed E-state index contributed by atoms with van der Waals surface area (Å²) in [7, 11) is 0. The first-order valence-electron chi connectivity index (χ1n) is 11.4. The number of benzene rings is 2. The number of halogens is 4. The van der Waals surface area contributed by atoms with E-state index in [1.807, 2.05) is 19.1 Å². The van der Waals surface area contributed by atoms with Gasteiger partial charge in [-0.05, 0) is 72.4 Å². The zero-order valence-electron chi connectivity index (χ0n) is 19.9. The summed E-state index contributed by atoms with van der Waals surface area (Å²) in [6, 6.07) is 7.81. The summed E-state index contributed by atoms with van der Waals surface area (Å²) in [5.41, 5.74) is 1.78. The van der Waals surface area contributed by atoms with Gasteiger partial charge >= 0.3 is 6.18 Å². The average molecular weight is 550 g/mol. The van der Waals surface area contributed by atoms with E-state index in [9.17, 15) is 18.0 Å². The van der Waals surface area contributed by atoms with Crippen molar-refractivity contribution in [3.05, 3.63) is 57.3 Å². The molecule has 35 heavy (non-hydrogen) atoms. The van der Waals surface area contributed by atoms with E-state index in [-0.39, 0.29) is 17.5 Å². The van der Waals surface area contributed by atoms with Crippen molar-refractivity contribution in [1.29, 1.82) is 0 Å². The number of rotatable bonds is 5. The van der Waals surface area contributed by atoms with E-state index >= 15 is 0 Å². The van der Waals surface area contributed by atoms with Gasteiger partial charge in [0.25, 0.3) is 0 Å². The van der Waals surface area contributed by atoms with Crippen LogP contribution >= 0.6 is 15.9 Å². The van der Waals surface area contributed by atoms with Gasteiger partial charge in [-0.2, -0.15) is 13.2 Å². The molecular weight excluding hydrogens is 523 g/mol. The number of alkyl halides is 3. The average Bonchev–Trinajstić information content (AvgIpc) is 3.19. The smallest absolute Gasteiger partial charge is 0.368 e. The van der Waals surface area contributed by atoms with Crippen LogP contribution < -0.4 is 15.5 Å². The van der Waals surface area contributed by atoms with Gasteiger partial charge in [0.2, 0.25) is 5.91 Å². The molecule has 3 aromatic rings. The maximum absolute atomic E-state index is 13.4. The number of aryl methyl sites for hydroxylation is 1. The lowest BCUT2D eigenvalue weighted by atomic mass is 9.97. The van der Waals surface area contributed by atoms with Gasteiger partial charge in [0.15, 0.2) is 0 Å². The molecule has 1 aliphatic rings. The molecule has 6 nitrogen and oxygen atoms in total. The molecule has 1 unspecified atom stereocenters. The van der Waals surface area contributed by atoms with Gasteiger partial charge in [0, 0.05) is 35.9 Å². The molecule has 0 bridgehead atoms. The molecule has 1 aliphatic heterocycles. The molecule has 0 radical (unpaired) electrons. The van der Waals surface area contributed by atoms with Crippen LogP contribution in [0.15, 0.2) is 34.8 Å². The van der Waals surface area contributed by atoms with E-state index < -0.39 is 17.8 Å². The van der Waals surface area contributed by atoms with Crippen LogP contribution in [0.25, 0.3) is 10.9 Å². The standard InChI is InChI=1S/C25H27BrF3N5O/c1-13-18(6-5-7-20(13)25(27,28)29)14(2)30-24-19-10-23(21(26)11-22(19)31-15(3)32-24)34-9-8-17(12-34)33-16(4)35/h5-7,10-11,14,17H,8-9,12H2,1-4H3,(H,33,35)(H,30,31,32)/t14?,17-/m1/s1. The topological polar surface area (TPSA) is 70.2 Å². The van der Waals surface area contributed by atoms with Gasteiger partial charge in [-0.15, -0.1) is 0 Å². The molecule has 4 rings (SSSR count). The van der Waals surface area contributed by atoms with Crippen molar-refractivity contribution in [2.24, 2.45) is 0 Å². The predicted molar refractivity (Wildman–Crippen MR) is 135 cm³/mol. The molecule has 2 heterocycles. The first kappa shape index (κ1) is 25.2. The van der Waals surface area contributed by atoms with E-state index in [1.165, 1.54) is 19.9 Å². The van der Waals surface area contributed by atoms with Crippen molar-refractivity contribution in [3.8, 4) is 0 Å². The molecular formula is C25H27BrF3N5O. The van der Waals surface area contributed by atoms with E-state index in [0.717, 1.165) is 40.1 Å². The van der Waals surface area contributed by atoms with Crippen LogP contribution in [0.3, 0.4) is 0 Å². The van der Waals surface area contributed by atoms with E-state index in [1.54, 1.807) is 13.0 Å². The monoisotopic (exact) mass is 549 g/mol. The van der Waals surface area contributed by atoms with Crippen molar-refractivity contribution in [1.82, 2.24) is 15.3 Å². The second-order valence-corrected chi connectivity index (χ2v) is 9.81. The van der Waals surface area contributed by atoms with Crippen LogP contribution in [0.4, 0.5) is 24.7 Å². The fraction of sp³-hybridized carbons (Fsp3) is 0.400. The highest BCUT2D eigenvalue weighted by Gasteiger charge is 2.33. The Morgan fingerprint density at radius 2 is 1.97 bits per heavy atom. The van der Waals surface area contributed by atoms with Crippen molar-refractivity contribution in [3.63, 3.8) is 0 Å². The number of carbonyl (C=O) groups is 1. The van der Waals surface area contributed by atoms with Gasteiger partial charge in [-0.3, -0.25) is 4.79 Å². The predicted octanol–water partition coefficient (Wildman–Crippen LogP) is 5.92. The summed E-state index contributed by atoms with van der Waals surface area (Å²) in [6.07, 6.45) is -3.57. The van der Waals surface area contributed by atoms with E-state index in [0.29, 0.717) is 23.8 Å². The molecule has 2 atom stereocenters. The third-order valence-corrected chi connectivity index (χ3v) is 6.95. The van der Waals surface area contributed by atoms with Crippen LogP contribution in [0.2, 0.25) is 0 Å². The van der Waals surface area contributed by atoms with Gasteiger partial charge in [-0.1, -0.05) is 12.1 Å². The Bertz CT molecular complexity index is 1280. The second kappa shape index (κ2) is 9.64. The molecule has 2 N–H and O–H groups in total. The van der Waals surface area contributed by atoms with Crippen molar-refractivity contribution < 1.29 is 18.0 Å². The number of nitrogens with one attached hydrogen (secondary N) is 2. The molecule has 1 fully saturated rings. The number of aromatic nitrogens is 2. The lowest BCUT2D eigenvalue weighted by Crippen LogP contribution is -2.35. The maximum atomic E-state index is 13.4. The molecule has 0 spiro atoms. The normalized spacial score (nSPS) is 17.0. The quantitative estimate of drug-likeness (QED) is 0.413. The Morgan fingerprint density at radius 3 is 2.66 bits per heavy atom. The number of fused-ring (bicyclic) bond motifs is 1. The molecule has 1 amide bonds. The fourth-order valence-electron chi connectivity index (χ4n) is 4.70. The summed E-state index contributed by atoms with van der Waals surface area (Å²) >= 11 is 3.65. The van der Waals surface area contributed by atoms with Gasteiger partial charge < -0.3 is 15.5 Å². The van der Waals surface area contributed by atoms with Crippen LogP contribution in [0.1, 0.15) is 48.8 Å². The van der Waals surface area contributed by atoms with Crippen LogP contribution in [0, 0.1) is 13.8 Å². The highest BCUT2D eigenvalue weighted by atomic mass is 79.9. The Morgan fingerprint density at radius 1 is 1.23 bits per heavy atom. The Labute approximate surface area is 210 Å². The van der Waals surface area contributed by atoms with E-state index in [4.69, 9.17) is 0 Å². The summed E-state index contributed by atoms with van der Waals surface area (Å²) < 4.78 is 41.2. The number of nitrogens with zero attached hydrogens (tertiary/aromatic N) is 3. The summed E-state index contributed by atoms with van der Waals surface area (Å²) in [5.74, 6) is 1.06. The SMILES string of the molecule is CC(=O)N[C@@H]1CCN(c2cc3c(NC(C)c4cccc(C(F)(F)F)c4C)nc(C)nc3cc2Br)C1. The molecule has 1 aromatic heterocycles. The number of amides is 1. The number of carbonyl (C=O) groups excluding carboxylic acids is 1. The van der Waals surface area contributed by atoms with Crippen molar-refractivity contribution in [2.45, 2.75) is 52.4 Å². The Hall–Kier alpha value is -2.88. The minimum Gasteiger partial charge on any atom is -0.368 e. The summed E-state index contributed by atoms with van der Waals surface area (Å²) in [6.45, 7) is 8.08. The summed E-state index contributed by atoms with van der Waals surface area (Å²) in [4.78, 5) is 22.8. The highest BCUT2D eigenvalue weighted by Crippen LogP contribution is 2.38. The van der Waals surface area contributed by atoms with Crippen molar-refractivity contribution >= 4 is 44.2 Å². The zero-order chi connectivity index (χ0) is 25.5. The third-order valence-electron chi connectivity index (χ3n) is 6.31. The summed E-state index contributed by atoms with van der Waals surface area (Å²) in [5, 5.41) is 7.06. The van der Waals surface area contributed by atoms with Gasteiger partial charge in [0.05, 0.1) is 22.8 Å². The van der Waals surface area contributed by atoms with E-state index in [2.05, 4.69) is 41.4 Å². The van der Waals surface area contributed by atoms with Gasteiger partial charge in [-0.25, -0.2) is 9.97 Å². The highest BCUT2D eigenvalue weighted by molar-refractivity contribution is 9.10. The molecule has 2 aromatic carbocycles. The molecule has 10 heteroatoms. The number of hydrogen-bond donors (Lipinski definition) is 2. The van der Waals surface area contributed by atoms with Crippen LogP contribution in [-0.2, 0) is 11.0 Å². The maximum Gasteiger partial charge on any atom is 0.416 e. The van der Waals surface area contributed by atoms with Crippen LogP contribution in [-0.4, -0.2) is 35.0 Å². The third kappa shape index (κ3) is 5.37. The lowest BCUT2D eigenvalue weighted by molar-refractivity contribution is -0.138. The first-order chi connectivity index (χ1) is 16.4. The Kier molecular flexibility index (Phi) is 6.95. The molecule has 0 aliphatic carbocycles. The molecule has 0 saturated carbocycles. The minimum atomic E-state index is -4.41.